The van der Waals surface area contributed by atoms with E-state index in [1.807, 2.05) is 48.2 Å². The van der Waals surface area contributed by atoms with Gasteiger partial charge in [-0.1, -0.05) is 17.3 Å². The van der Waals surface area contributed by atoms with Crippen LogP contribution in [0.15, 0.2) is 47.0 Å². The largest absolute Gasteiger partial charge is 0.494 e. The number of hydrogen-bond donors (Lipinski definition) is 1. The van der Waals surface area contributed by atoms with Gasteiger partial charge in [-0.3, -0.25) is 9.59 Å². The van der Waals surface area contributed by atoms with Crippen LogP contribution >= 0.6 is 0 Å². The standard InChI is InChI=1S/C27H29N3O6/c1-17-11-21(36-29-17)14-26(32)30-9-7-18-13-24-23(33-2)15-22(18)27(30)19-5-3-6-20(12-19)34-10-4-8-28-25(31)16-35-24/h3,5-6,11-13,15,27H,4,7-10,14,16H2,1-2H3,(H,28,31). The van der Waals surface area contributed by atoms with Gasteiger partial charge in [0.25, 0.3) is 5.91 Å². The molecule has 188 valence electrons. The molecule has 6 bridgehead atoms. The van der Waals surface area contributed by atoms with Crippen molar-refractivity contribution in [3.8, 4) is 17.2 Å². The molecule has 3 aliphatic heterocycles. The average molecular weight is 492 g/mol. The molecule has 0 saturated heterocycles. The van der Waals surface area contributed by atoms with Crippen LogP contribution < -0.4 is 19.5 Å². The van der Waals surface area contributed by atoms with Gasteiger partial charge in [-0.2, -0.15) is 0 Å². The zero-order chi connectivity index (χ0) is 25.1. The number of hydrogen-bond acceptors (Lipinski definition) is 7. The Morgan fingerprint density at radius 2 is 2.11 bits per heavy atom. The summed E-state index contributed by atoms with van der Waals surface area (Å²) in [4.78, 5) is 27.6. The fourth-order valence-electron chi connectivity index (χ4n) is 4.74. The Morgan fingerprint density at radius 3 is 2.92 bits per heavy atom. The molecule has 2 aromatic carbocycles. The van der Waals surface area contributed by atoms with Crippen LogP contribution in [0.2, 0.25) is 0 Å². The molecule has 1 N–H and O–H groups in total. The Hall–Kier alpha value is -4.01. The smallest absolute Gasteiger partial charge is 0.257 e. The maximum atomic E-state index is 13.5. The number of ether oxygens (including phenoxy) is 3. The minimum absolute atomic E-state index is 0.0570. The number of aryl methyl sites for hydroxylation is 1. The van der Waals surface area contributed by atoms with Gasteiger partial charge in [0.05, 0.1) is 31.9 Å². The Morgan fingerprint density at radius 1 is 1.22 bits per heavy atom. The summed E-state index contributed by atoms with van der Waals surface area (Å²) in [5.41, 5.74) is 3.66. The van der Waals surface area contributed by atoms with E-state index < -0.39 is 0 Å². The van der Waals surface area contributed by atoms with E-state index in [0.717, 1.165) is 22.4 Å². The van der Waals surface area contributed by atoms with Crippen molar-refractivity contribution in [2.45, 2.75) is 32.2 Å². The number of fused-ring (bicyclic) bond motifs is 8. The third-order valence-electron chi connectivity index (χ3n) is 6.42. The molecular weight excluding hydrogens is 462 g/mol. The molecule has 6 rings (SSSR count). The number of nitrogens with one attached hydrogen (secondary N) is 1. The van der Waals surface area contributed by atoms with Crippen molar-refractivity contribution in [3.05, 3.63) is 70.6 Å². The molecule has 1 aromatic heterocycles. The first-order valence-corrected chi connectivity index (χ1v) is 12.1. The summed E-state index contributed by atoms with van der Waals surface area (Å²) in [6.45, 7) is 3.17. The molecular formula is C27H29N3O6. The van der Waals surface area contributed by atoms with Gasteiger partial charge in [0.1, 0.15) is 11.5 Å². The van der Waals surface area contributed by atoms with Crippen molar-refractivity contribution in [2.75, 3.05) is 33.4 Å². The Kier molecular flexibility index (Phi) is 6.79. The van der Waals surface area contributed by atoms with Crippen molar-refractivity contribution >= 4 is 11.8 Å². The lowest BCUT2D eigenvalue weighted by Gasteiger charge is -2.38. The van der Waals surface area contributed by atoms with Crippen LogP contribution in [0, 0.1) is 6.92 Å². The number of carbonyl (C=O) groups is 2. The predicted molar refractivity (Wildman–Crippen MR) is 130 cm³/mol. The lowest BCUT2D eigenvalue weighted by atomic mass is 9.87. The molecule has 3 aromatic rings. The summed E-state index contributed by atoms with van der Waals surface area (Å²) in [5, 5.41) is 6.76. The molecule has 9 nitrogen and oxygen atoms in total. The molecule has 9 heteroatoms. The summed E-state index contributed by atoms with van der Waals surface area (Å²) in [6.07, 6.45) is 1.41. The van der Waals surface area contributed by atoms with E-state index in [0.29, 0.717) is 55.5 Å². The van der Waals surface area contributed by atoms with Crippen LogP contribution in [0.25, 0.3) is 0 Å². The Bertz CT molecular complexity index is 1270. The number of methoxy groups -OCH3 is 1. The fourth-order valence-corrected chi connectivity index (χ4v) is 4.74. The SMILES string of the molecule is COc1cc2c3cc1OCC(=O)NCCCOc1cccc(c1)C2N(C(=O)Cc1cc(C)no1)CC3. The van der Waals surface area contributed by atoms with Gasteiger partial charge in [-0.15, -0.1) is 0 Å². The molecule has 3 aliphatic rings. The van der Waals surface area contributed by atoms with Crippen LogP contribution in [0.4, 0.5) is 0 Å². The van der Waals surface area contributed by atoms with Gasteiger partial charge >= 0.3 is 0 Å². The van der Waals surface area contributed by atoms with Crippen molar-refractivity contribution in [2.24, 2.45) is 0 Å². The molecule has 0 radical (unpaired) electrons. The third-order valence-corrected chi connectivity index (χ3v) is 6.42. The number of rotatable bonds is 3. The molecule has 0 fully saturated rings. The second-order valence-corrected chi connectivity index (χ2v) is 8.97. The van der Waals surface area contributed by atoms with Gasteiger partial charge in [0, 0.05) is 19.2 Å². The highest BCUT2D eigenvalue weighted by Crippen LogP contribution is 2.42. The molecule has 36 heavy (non-hydrogen) atoms. The quantitative estimate of drug-likeness (QED) is 0.601. The number of nitrogens with zero attached hydrogens (tertiary/aromatic N) is 2. The zero-order valence-electron chi connectivity index (χ0n) is 20.4. The molecule has 0 aliphatic carbocycles. The van der Waals surface area contributed by atoms with Gasteiger partial charge in [0.15, 0.2) is 18.1 Å². The summed E-state index contributed by atoms with van der Waals surface area (Å²) in [6, 6.07) is 13.1. The Balaban J connectivity index is 1.58. The van der Waals surface area contributed by atoms with E-state index in [1.54, 1.807) is 13.2 Å². The van der Waals surface area contributed by atoms with Crippen LogP contribution in [0.1, 0.15) is 40.6 Å². The van der Waals surface area contributed by atoms with Crippen molar-refractivity contribution in [3.63, 3.8) is 0 Å². The first-order chi connectivity index (χ1) is 17.5. The van der Waals surface area contributed by atoms with Crippen LogP contribution in [-0.4, -0.2) is 55.3 Å². The highest BCUT2D eigenvalue weighted by atomic mass is 16.5. The molecule has 1 atom stereocenters. The maximum absolute atomic E-state index is 13.5. The second kappa shape index (κ2) is 10.3. The van der Waals surface area contributed by atoms with E-state index in [-0.39, 0.29) is 30.9 Å². The summed E-state index contributed by atoms with van der Waals surface area (Å²) in [5.74, 6) is 1.99. The highest BCUT2D eigenvalue weighted by Gasteiger charge is 2.34. The maximum Gasteiger partial charge on any atom is 0.257 e. The van der Waals surface area contributed by atoms with Crippen molar-refractivity contribution in [1.29, 1.82) is 0 Å². The first-order valence-electron chi connectivity index (χ1n) is 12.1. The minimum Gasteiger partial charge on any atom is -0.494 e. The average Bonchev–Trinajstić information content (AvgIpc) is 3.29. The van der Waals surface area contributed by atoms with Crippen molar-refractivity contribution < 1.29 is 28.3 Å². The van der Waals surface area contributed by atoms with E-state index in [4.69, 9.17) is 18.7 Å². The molecule has 2 amide bonds. The normalized spacial score (nSPS) is 17.7. The topological polar surface area (TPSA) is 103 Å². The number of benzene rings is 2. The van der Waals surface area contributed by atoms with E-state index in [2.05, 4.69) is 10.5 Å². The van der Waals surface area contributed by atoms with Gasteiger partial charge in [-0.25, -0.2) is 0 Å². The molecule has 0 spiro atoms. The van der Waals surface area contributed by atoms with Crippen LogP contribution in [-0.2, 0) is 22.4 Å². The fraction of sp³-hybridized carbons (Fsp3) is 0.370. The van der Waals surface area contributed by atoms with Gasteiger partial charge in [0.2, 0.25) is 5.91 Å². The Labute approximate surface area is 209 Å². The van der Waals surface area contributed by atoms with Gasteiger partial charge in [-0.05, 0) is 60.7 Å². The zero-order valence-corrected chi connectivity index (χ0v) is 20.4. The number of aromatic nitrogens is 1. The summed E-state index contributed by atoms with van der Waals surface area (Å²) >= 11 is 0. The van der Waals surface area contributed by atoms with Gasteiger partial charge < -0.3 is 29.0 Å². The third kappa shape index (κ3) is 5.00. The van der Waals surface area contributed by atoms with Crippen molar-refractivity contribution in [1.82, 2.24) is 15.4 Å². The van der Waals surface area contributed by atoms with E-state index in [9.17, 15) is 9.59 Å². The van der Waals surface area contributed by atoms with Crippen LogP contribution in [0.5, 0.6) is 17.2 Å². The van der Waals surface area contributed by atoms with E-state index >= 15 is 0 Å². The number of carbonyl (C=O) groups excluding carboxylic acids is 2. The highest BCUT2D eigenvalue weighted by molar-refractivity contribution is 5.80. The minimum atomic E-state index is -0.354. The first kappa shape index (κ1) is 23.7. The second-order valence-electron chi connectivity index (χ2n) is 8.97. The lowest BCUT2D eigenvalue weighted by Crippen LogP contribution is -2.41. The monoisotopic (exact) mass is 491 g/mol. The lowest BCUT2D eigenvalue weighted by molar-refractivity contribution is -0.133. The molecule has 4 heterocycles. The number of amides is 2. The summed E-state index contributed by atoms with van der Waals surface area (Å²) in [7, 11) is 1.56. The van der Waals surface area contributed by atoms with E-state index in [1.165, 1.54) is 0 Å². The molecule has 0 saturated carbocycles. The van der Waals surface area contributed by atoms with Crippen LogP contribution in [0.3, 0.4) is 0 Å². The summed E-state index contributed by atoms with van der Waals surface area (Å²) < 4.78 is 22.7. The predicted octanol–water partition coefficient (Wildman–Crippen LogP) is 2.99. The molecule has 1 unspecified atom stereocenters.